The largest absolute Gasteiger partial charge is 0.361 e. The molecule has 3 heterocycles. The lowest BCUT2D eigenvalue weighted by Gasteiger charge is -2.31. The van der Waals surface area contributed by atoms with Crippen molar-refractivity contribution in [3.8, 4) is 0 Å². The average Bonchev–Trinajstić information content (AvgIpc) is 3.32. The topological polar surface area (TPSA) is 88.2 Å². The number of aromatic nitrogens is 3. The Labute approximate surface area is 200 Å². The second-order valence-electron chi connectivity index (χ2n) is 8.07. The molecule has 0 radical (unpaired) electrons. The molecule has 1 aromatic carbocycles. The van der Waals surface area contributed by atoms with Crippen LogP contribution in [0.25, 0.3) is 0 Å². The fraction of sp³-hybridized carbons (Fsp3) is 0.429. The van der Waals surface area contributed by atoms with Crippen LogP contribution in [0.4, 0.5) is 10.8 Å². The molecule has 3 aromatic rings. The quantitative estimate of drug-likeness (QED) is 0.476. The van der Waals surface area contributed by atoms with Gasteiger partial charge in [-0.25, -0.2) is 4.68 Å². The minimum atomic E-state index is -0.192. The molecule has 0 saturated carbocycles. The highest BCUT2D eigenvalue weighted by molar-refractivity contribution is 7.73. The van der Waals surface area contributed by atoms with Crippen LogP contribution in [0.2, 0.25) is 5.02 Å². The molecule has 0 aliphatic carbocycles. The van der Waals surface area contributed by atoms with Crippen molar-refractivity contribution in [2.24, 2.45) is 0 Å². The number of amides is 1. The summed E-state index contributed by atoms with van der Waals surface area (Å²) in [7, 11) is 0. The molecule has 1 aliphatic heterocycles. The van der Waals surface area contributed by atoms with Gasteiger partial charge in [0.05, 0.1) is 17.4 Å². The molecule has 1 fully saturated rings. The van der Waals surface area contributed by atoms with Gasteiger partial charge in [-0.2, -0.15) is 0 Å². The van der Waals surface area contributed by atoms with Crippen molar-refractivity contribution in [2.45, 2.75) is 46.3 Å². The van der Waals surface area contributed by atoms with Gasteiger partial charge in [0.2, 0.25) is 5.13 Å². The normalized spacial score (nSPS) is 15.1. The van der Waals surface area contributed by atoms with Gasteiger partial charge < -0.3 is 15.2 Å². The van der Waals surface area contributed by atoms with E-state index in [9.17, 15) is 4.79 Å². The van der Waals surface area contributed by atoms with Crippen LogP contribution in [0.15, 0.2) is 22.7 Å². The van der Waals surface area contributed by atoms with Crippen molar-refractivity contribution < 1.29 is 9.32 Å². The maximum Gasteiger partial charge on any atom is 0.273 e. The van der Waals surface area contributed by atoms with Crippen LogP contribution in [-0.2, 0) is 6.67 Å². The summed E-state index contributed by atoms with van der Waals surface area (Å²) in [6, 6.07) is 5.77. The summed E-state index contributed by atoms with van der Waals surface area (Å²) in [5.41, 5.74) is 3.36. The van der Waals surface area contributed by atoms with Crippen molar-refractivity contribution >= 4 is 51.9 Å². The first-order valence-corrected chi connectivity index (χ1v) is 12.0. The average molecular weight is 493 g/mol. The lowest BCUT2D eigenvalue weighted by molar-refractivity contribution is 0.0887. The fourth-order valence-electron chi connectivity index (χ4n) is 3.77. The predicted molar refractivity (Wildman–Crippen MR) is 128 cm³/mol. The smallest absolute Gasteiger partial charge is 0.273 e. The van der Waals surface area contributed by atoms with Crippen LogP contribution in [-0.4, -0.2) is 44.9 Å². The number of anilines is 2. The Kier molecular flexibility index (Phi) is 6.94. The summed E-state index contributed by atoms with van der Waals surface area (Å²) in [5.74, 6) is 0.432. The van der Waals surface area contributed by atoms with Crippen LogP contribution >= 0.6 is 35.2 Å². The zero-order valence-electron chi connectivity index (χ0n) is 18.1. The van der Waals surface area contributed by atoms with Crippen molar-refractivity contribution in [1.82, 2.24) is 25.2 Å². The first-order valence-electron chi connectivity index (χ1n) is 10.4. The molecule has 2 N–H and O–H groups in total. The number of benzene rings is 1. The van der Waals surface area contributed by atoms with E-state index in [0.717, 1.165) is 42.7 Å². The van der Waals surface area contributed by atoms with Crippen LogP contribution < -0.4 is 10.6 Å². The number of aryl methyl sites for hydroxylation is 3. The van der Waals surface area contributed by atoms with Gasteiger partial charge in [0.15, 0.2) is 9.65 Å². The van der Waals surface area contributed by atoms with Crippen molar-refractivity contribution in [3.05, 3.63) is 49.8 Å². The molecule has 11 heteroatoms. The Morgan fingerprint density at radius 1 is 1.28 bits per heavy atom. The van der Waals surface area contributed by atoms with Gasteiger partial charge in [0.25, 0.3) is 5.91 Å². The van der Waals surface area contributed by atoms with Crippen molar-refractivity contribution in [1.29, 1.82) is 0 Å². The Bertz CT molecular complexity index is 1160. The number of hydrogen-bond acceptors (Lipinski definition) is 8. The Morgan fingerprint density at radius 2 is 2.03 bits per heavy atom. The molecule has 0 atom stereocenters. The number of likely N-dealkylation sites (tertiary alicyclic amines) is 1. The number of nitrogens with one attached hydrogen (secondary N) is 2. The van der Waals surface area contributed by atoms with Crippen LogP contribution in [0.3, 0.4) is 0 Å². The first kappa shape index (κ1) is 22.9. The van der Waals surface area contributed by atoms with Crippen molar-refractivity contribution in [2.75, 3.05) is 18.4 Å². The summed E-state index contributed by atoms with van der Waals surface area (Å²) in [4.78, 5) is 14.6. The van der Waals surface area contributed by atoms with Gasteiger partial charge in [-0.15, -0.1) is 5.10 Å². The van der Waals surface area contributed by atoms with Gasteiger partial charge in [-0.1, -0.05) is 34.2 Å². The number of piperidine rings is 1. The molecule has 0 spiro atoms. The number of carbonyl (C=O) groups excluding carboxylic acids is 1. The number of halogens is 1. The monoisotopic (exact) mass is 492 g/mol. The minimum Gasteiger partial charge on any atom is -0.361 e. The molecule has 32 heavy (non-hydrogen) atoms. The van der Waals surface area contributed by atoms with E-state index in [0.29, 0.717) is 32.2 Å². The zero-order valence-corrected chi connectivity index (χ0v) is 20.5. The number of carbonyl (C=O) groups is 1. The molecule has 1 amide bonds. The van der Waals surface area contributed by atoms with E-state index in [4.69, 9.17) is 28.3 Å². The fourth-order valence-corrected chi connectivity index (χ4v) is 5.13. The Morgan fingerprint density at radius 3 is 2.69 bits per heavy atom. The molecule has 0 unspecified atom stereocenters. The van der Waals surface area contributed by atoms with E-state index in [1.807, 2.05) is 24.6 Å². The number of rotatable bonds is 6. The first-order chi connectivity index (χ1) is 15.3. The molecule has 1 saturated heterocycles. The van der Waals surface area contributed by atoms with Gasteiger partial charge in [-0.05, 0) is 63.0 Å². The maximum absolute atomic E-state index is 12.3. The highest BCUT2D eigenvalue weighted by Crippen LogP contribution is 2.31. The third kappa shape index (κ3) is 5.37. The molecular formula is C21H25ClN6O2S2. The molecule has 8 nitrogen and oxygen atoms in total. The van der Waals surface area contributed by atoms with Crippen LogP contribution in [0.5, 0.6) is 0 Å². The summed E-state index contributed by atoms with van der Waals surface area (Å²) < 4.78 is 7.51. The van der Waals surface area contributed by atoms with E-state index >= 15 is 0 Å². The standard InChI is InChI=1S/C21H25ClN6O2S2/c1-12-8-13(2)18(16(22)9-12)24-20-25-28(21(31)32-20)11-27-6-4-15(5-7-27)23-19(29)17-10-14(3)30-26-17/h8-10,15H,4-7,11H2,1-3H3,(H,23,29)(H,24,25). The lowest BCUT2D eigenvalue weighted by Crippen LogP contribution is -2.45. The zero-order chi connectivity index (χ0) is 22.8. The van der Waals surface area contributed by atoms with E-state index in [2.05, 4.69) is 31.9 Å². The molecule has 4 rings (SSSR count). The third-order valence-corrected chi connectivity index (χ3v) is 6.91. The van der Waals surface area contributed by atoms with E-state index in [-0.39, 0.29) is 11.9 Å². The summed E-state index contributed by atoms with van der Waals surface area (Å²) >= 11 is 13.4. The lowest BCUT2D eigenvalue weighted by atomic mass is 10.1. The second kappa shape index (κ2) is 9.70. The van der Waals surface area contributed by atoms with Crippen molar-refractivity contribution in [3.63, 3.8) is 0 Å². The minimum absolute atomic E-state index is 0.114. The van der Waals surface area contributed by atoms with Crippen LogP contribution in [0.1, 0.15) is 40.2 Å². The highest BCUT2D eigenvalue weighted by atomic mass is 35.5. The van der Waals surface area contributed by atoms with Crippen LogP contribution in [0, 0.1) is 24.7 Å². The van der Waals surface area contributed by atoms with E-state index in [1.165, 1.54) is 11.3 Å². The maximum atomic E-state index is 12.3. The number of hydrogen-bond donors (Lipinski definition) is 2. The predicted octanol–water partition coefficient (Wildman–Crippen LogP) is 4.84. The summed E-state index contributed by atoms with van der Waals surface area (Å²) in [6.45, 7) is 8.10. The Balaban J connectivity index is 1.32. The summed E-state index contributed by atoms with van der Waals surface area (Å²) in [5, 5.41) is 16.2. The number of nitrogens with zero attached hydrogens (tertiary/aromatic N) is 4. The molecule has 2 aromatic heterocycles. The van der Waals surface area contributed by atoms with Gasteiger partial charge in [0.1, 0.15) is 5.76 Å². The molecule has 0 bridgehead atoms. The summed E-state index contributed by atoms with van der Waals surface area (Å²) in [6.07, 6.45) is 1.70. The van der Waals surface area contributed by atoms with E-state index in [1.54, 1.807) is 13.0 Å². The Hall–Kier alpha value is -2.27. The van der Waals surface area contributed by atoms with E-state index < -0.39 is 0 Å². The van der Waals surface area contributed by atoms with Gasteiger partial charge in [-0.3, -0.25) is 9.69 Å². The highest BCUT2D eigenvalue weighted by Gasteiger charge is 2.23. The second-order valence-corrected chi connectivity index (χ2v) is 10.1. The van der Waals surface area contributed by atoms with Gasteiger partial charge in [0, 0.05) is 25.2 Å². The molecular weight excluding hydrogens is 468 g/mol. The molecule has 170 valence electrons. The molecule has 1 aliphatic rings. The van der Waals surface area contributed by atoms with Gasteiger partial charge >= 0.3 is 0 Å². The third-order valence-electron chi connectivity index (χ3n) is 5.39. The SMILES string of the molecule is Cc1cc(C)c(Nc2nn(CN3CCC(NC(=O)c4cc(C)on4)CC3)c(=S)s2)c(Cl)c1.